The average Bonchev–Trinajstić information content (AvgIpc) is 3.01. The third-order valence-corrected chi connectivity index (χ3v) is 4.38. The zero-order valence-corrected chi connectivity index (χ0v) is 13.0. The maximum absolute atomic E-state index is 12.9. The Morgan fingerprint density at radius 3 is 2.52 bits per heavy atom. The van der Waals surface area contributed by atoms with Crippen molar-refractivity contribution < 1.29 is 9.18 Å². The number of amides is 1. The number of hydrogen-bond acceptors (Lipinski definition) is 1. The van der Waals surface area contributed by atoms with Crippen LogP contribution in [0.5, 0.6) is 0 Å². The van der Waals surface area contributed by atoms with Crippen LogP contribution in [0.4, 0.5) is 4.39 Å². The molecule has 0 aliphatic heterocycles. The lowest BCUT2D eigenvalue weighted by atomic mass is 10.1. The number of carbonyl (C=O) groups is 1. The number of unbranched alkanes of at least 4 members (excludes halogenated alkanes) is 1. The van der Waals surface area contributed by atoms with Crippen molar-refractivity contribution in [3.05, 3.63) is 35.6 Å². The fourth-order valence-electron chi connectivity index (χ4n) is 3.10. The van der Waals surface area contributed by atoms with E-state index in [0.29, 0.717) is 18.4 Å². The van der Waals surface area contributed by atoms with Gasteiger partial charge in [-0.1, -0.05) is 38.3 Å². The van der Waals surface area contributed by atoms with Crippen LogP contribution < -0.4 is 0 Å². The number of rotatable bonds is 7. The number of hydrogen-bond donors (Lipinski definition) is 0. The van der Waals surface area contributed by atoms with Gasteiger partial charge in [-0.3, -0.25) is 4.79 Å². The molecule has 0 unspecified atom stereocenters. The summed E-state index contributed by atoms with van der Waals surface area (Å²) in [6.45, 7) is 2.88. The summed E-state index contributed by atoms with van der Waals surface area (Å²) in [6.07, 6.45) is 8.26. The molecular weight excluding hydrogens is 265 g/mol. The molecule has 1 aliphatic carbocycles. The standard InChI is InChI=1S/C18H26FNO/c1-2-3-8-18(21)20(17-6-4-5-7-17)14-13-15-9-11-16(19)12-10-15/h9-12,17H,2-8,13-14H2,1H3. The first-order valence-electron chi connectivity index (χ1n) is 8.24. The first-order valence-corrected chi connectivity index (χ1v) is 8.24. The van der Waals surface area contributed by atoms with Crippen molar-refractivity contribution in [3.8, 4) is 0 Å². The van der Waals surface area contributed by atoms with Crippen LogP contribution in [0, 0.1) is 5.82 Å². The van der Waals surface area contributed by atoms with Gasteiger partial charge in [0, 0.05) is 19.0 Å². The predicted molar refractivity (Wildman–Crippen MR) is 83.6 cm³/mol. The summed E-state index contributed by atoms with van der Waals surface area (Å²) in [4.78, 5) is 14.5. The molecule has 0 saturated heterocycles. The first-order chi connectivity index (χ1) is 10.2. The van der Waals surface area contributed by atoms with E-state index in [4.69, 9.17) is 0 Å². The van der Waals surface area contributed by atoms with E-state index in [-0.39, 0.29) is 5.82 Å². The Labute approximate surface area is 127 Å². The molecule has 1 aromatic carbocycles. The highest BCUT2D eigenvalue weighted by Gasteiger charge is 2.25. The van der Waals surface area contributed by atoms with E-state index in [1.54, 1.807) is 0 Å². The molecule has 0 bridgehead atoms. The third kappa shape index (κ3) is 4.83. The SMILES string of the molecule is CCCCC(=O)N(CCc1ccc(F)cc1)C1CCCC1. The Morgan fingerprint density at radius 1 is 1.24 bits per heavy atom. The van der Waals surface area contributed by atoms with E-state index in [1.807, 2.05) is 12.1 Å². The van der Waals surface area contributed by atoms with E-state index in [0.717, 1.165) is 44.2 Å². The maximum Gasteiger partial charge on any atom is 0.222 e. The fourth-order valence-corrected chi connectivity index (χ4v) is 3.10. The lowest BCUT2D eigenvalue weighted by Gasteiger charge is -2.29. The normalized spacial score (nSPS) is 15.3. The molecule has 3 heteroatoms. The van der Waals surface area contributed by atoms with Crippen molar-refractivity contribution >= 4 is 5.91 Å². The van der Waals surface area contributed by atoms with Crippen molar-refractivity contribution in [2.24, 2.45) is 0 Å². The van der Waals surface area contributed by atoms with Crippen LogP contribution in [-0.4, -0.2) is 23.4 Å². The van der Waals surface area contributed by atoms with Gasteiger partial charge in [0.25, 0.3) is 0 Å². The molecule has 0 atom stereocenters. The Bertz CT molecular complexity index is 437. The number of nitrogens with zero attached hydrogens (tertiary/aromatic N) is 1. The fraction of sp³-hybridized carbons (Fsp3) is 0.611. The highest BCUT2D eigenvalue weighted by molar-refractivity contribution is 5.76. The van der Waals surface area contributed by atoms with Crippen LogP contribution in [0.25, 0.3) is 0 Å². The zero-order valence-electron chi connectivity index (χ0n) is 13.0. The Balaban J connectivity index is 1.94. The highest BCUT2D eigenvalue weighted by atomic mass is 19.1. The highest BCUT2D eigenvalue weighted by Crippen LogP contribution is 2.24. The summed E-state index contributed by atoms with van der Waals surface area (Å²) in [5.41, 5.74) is 1.10. The summed E-state index contributed by atoms with van der Waals surface area (Å²) in [5.74, 6) is 0.0938. The number of benzene rings is 1. The van der Waals surface area contributed by atoms with E-state index in [2.05, 4.69) is 11.8 Å². The quantitative estimate of drug-likeness (QED) is 0.732. The van der Waals surface area contributed by atoms with Gasteiger partial charge < -0.3 is 4.90 Å². The van der Waals surface area contributed by atoms with E-state index in [9.17, 15) is 9.18 Å². The largest absolute Gasteiger partial charge is 0.339 e. The third-order valence-electron chi connectivity index (χ3n) is 4.38. The van der Waals surface area contributed by atoms with Crippen molar-refractivity contribution in [3.63, 3.8) is 0 Å². The molecule has 2 nitrogen and oxygen atoms in total. The van der Waals surface area contributed by atoms with E-state index in [1.165, 1.54) is 25.0 Å². The molecule has 1 aliphatic rings. The van der Waals surface area contributed by atoms with E-state index >= 15 is 0 Å². The predicted octanol–water partition coefficient (Wildman–Crippen LogP) is 4.33. The number of halogens is 1. The first kappa shape index (κ1) is 16.0. The Kier molecular flexibility index (Phi) is 6.21. The summed E-state index contributed by atoms with van der Waals surface area (Å²) < 4.78 is 12.9. The van der Waals surface area contributed by atoms with Crippen LogP contribution in [0.3, 0.4) is 0 Å². The average molecular weight is 291 g/mol. The number of carbonyl (C=O) groups excluding carboxylic acids is 1. The Hall–Kier alpha value is -1.38. The zero-order chi connectivity index (χ0) is 15.1. The maximum atomic E-state index is 12.9. The molecule has 1 aromatic rings. The van der Waals surface area contributed by atoms with Gasteiger partial charge in [0.05, 0.1) is 0 Å². The molecule has 21 heavy (non-hydrogen) atoms. The monoisotopic (exact) mass is 291 g/mol. The Morgan fingerprint density at radius 2 is 1.90 bits per heavy atom. The summed E-state index contributed by atoms with van der Waals surface area (Å²) in [7, 11) is 0. The molecule has 1 saturated carbocycles. The van der Waals surface area contributed by atoms with Crippen molar-refractivity contribution in [2.75, 3.05) is 6.54 Å². The van der Waals surface area contributed by atoms with Crippen LogP contribution in [0.1, 0.15) is 57.4 Å². The lowest BCUT2D eigenvalue weighted by molar-refractivity contribution is -0.133. The molecular formula is C18H26FNO. The molecule has 0 N–H and O–H groups in total. The van der Waals surface area contributed by atoms with Crippen LogP contribution >= 0.6 is 0 Å². The van der Waals surface area contributed by atoms with E-state index < -0.39 is 0 Å². The molecule has 0 aromatic heterocycles. The minimum Gasteiger partial charge on any atom is -0.339 e. The van der Waals surface area contributed by atoms with Gasteiger partial charge in [-0.05, 0) is 43.4 Å². The van der Waals surface area contributed by atoms with Gasteiger partial charge in [0.15, 0.2) is 0 Å². The topological polar surface area (TPSA) is 20.3 Å². The molecule has 1 fully saturated rings. The van der Waals surface area contributed by atoms with Crippen LogP contribution in [0.2, 0.25) is 0 Å². The lowest BCUT2D eigenvalue weighted by Crippen LogP contribution is -2.40. The molecule has 1 amide bonds. The molecule has 116 valence electrons. The second kappa shape index (κ2) is 8.16. The van der Waals surface area contributed by atoms with Crippen LogP contribution in [-0.2, 0) is 11.2 Å². The van der Waals surface area contributed by atoms with Gasteiger partial charge in [0.1, 0.15) is 5.82 Å². The van der Waals surface area contributed by atoms with Gasteiger partial charge >= 0.3 is 0 Å². The summed E-state index contributed by atoms with van der Waals surface area (Å²) in [5, 5.41) is 0. The summed E-state index contributed by atoms with van der Waals surface area (Å²) in [6, 6.07) is 7.05. The second-order valence-electron chi connectivity index (χ2n) is 6.01. The molecule has 0 heterocycles. The molecule has 0 radical (unpaired) electrons. The minimum atomic E-state index is -0.203. The van der Waals surface area contributed by atoms with Gasteiger partial charge in [-0.15, -0.1) is 0 Å². The van der Waals surface area contributed by atoms with Crippen molar-refractivity contribution in [1.82, 2.24) is 4.90 Å². The summed E-state index contributed by atoms with van der Waals surface area (Å²) >= 11 is 0. The van der Waals surface area contributed by atoms with Gasteiger partial charge in [-0.25, -0.2) is 4.39 Å². The van der Waals surface area contributed by atoms with Crippen LogP contribution in [0.15, 0.2) is 24.3 Å². The van der Waals surface area contributed by atoms with Crippen molar-refractivity contribution in [2.45, 2.75) is 64.3 Å². The molecule has 0 spiro atoms. The van der Waals surface area contributed by atoms with Crippen molar-refractivity contribution in [1.29, 1.82) is 0 Å². The van der Waals surface area contributed by atoms with Gasteiger partial charge in [-0.2, -0.15) is 0 Å². The smallest absolute Gasteiger partial charge is 0.222 e. The second-order valence-corrected chi connectivity index (χ2v) is 6.01. The molecule has 2 rings (SSSR count). The minimum absolute atomic E-state index is 0.203. The van der Waals surface area contributed by atoms with Gasteiger partial charge in [0.2, 0.25) is 5.91 Å².